The summed E-state index contributed by atoms with van der Waals surface area (Å²) in [5.74, 6) is 0. The standard InChI is InChI=1S/C24H23ClN2O2S/c1-18-7-13-22(14-8-18)26-15-16-27(23(17-26)30(28)29)24(19-5-3-2-4-6-19)20-9-11-21(25)12-10-20/h2-14,24H,15-17H2,1H3. The first kappa shape index (κ1) is 20.7. The molecule has 154 valence electrons. The number of rotatable bonds is 4. The lowest BCUT2D eigenvalue weighted by Gasteiger charge is -2.40. The minimum atomic E-state index is -2.33. The minimum absolute atomic E-state index is 0.198. The summed E-state index contributed by atoms with van der Waals surface area (Å²) in [6, 6.07) is 25.6. The summed E-state index contributed by atoms with van der Waals surface area (Å²) in [5.41, 5.74) is 4.27. The molecular formula is C24H23ClN2O2S. The summed E-state index contributed by atoms with van der Waals surface area (Å²) >= 11 is 6.10. The Kier molecular flexibility index (Phi) is 6.23. The van der Waals surface area contributed by atoms with Crippen LogP contribution in [0.25, 0.3) is 0 Å². The highest BCUT2D eigenvalue weighted by Gasteiger charge is 2.32. The second-order valence-electron chi connectivity index (χ2n) is 7.44. The molecule has 0 aromatic heterocycles. The fraction of sp³-hybridized carbons (Fsp3) is 0.208. The van der Waals surface area contributed by atoms with E-state index >= 15 is 0 Å². The first-order valence-electron chi connectivity index (χ1n) is 9.86. The highest BCUT2D eigenvalue weighted by Crippen LogP contribution is 2.32. The van der Waals surface area contributed by atoms with E-state index in [2.05, 4.69) is 17.0 Å². The predicted octanol–water partition coefficient (Wildman–Crippen LogP) is 4.57. The fourth-order valence-corrected chi connectivity index (χ4v) is 4.69. The molecule has 1 aliphatic rings. The van der Waals surface area contributed by atoms with Crippen molar-refractivity contribution in [2.75, 3.05) is 24.5 Å². The Morgan fingerprint density at radius 2 is 1.47 bits per heavy atom. The molecule has 30 heavy (non-hydrogen) atoms. The number of hydrogen-bond donors (Lipinski definition) is 0. The van der Waals surface area contributed by atoms with Crippen molar-refractivity contribution < 1.29 is 8.42 Å². The van der Waals surface area contributed by atoms with Gasteiger partial charge < -0.3 is 4.90 Å². The maximum Gasteiger partial charge on any atom is 0.230 e. The molecule has 1 saturated heterocycles. The average Bonchev–Trinajstić information content (AvgIpc) is 2.77. The van der Waals surface area contributed by atoms with Gasteiger partial charge in [0.05, 0.1) is 12.6 Å². The summed E-state index contributed by atoms with van der Waals surface area (Å²) in [6.45, 7) is 3.72. The third-order valence-corrected chi connectivity index (χ3v) is 6.46. The van der Waals surface area contributed by atoms with Crippen LogP contribution >= 0.6 is 11.6 Å². The number of nitrogens with zero attached hydrogens (tertiary/aromatic N) is 2. The lowest BCUT2D eigenvalue weighted by molar-refractivity contribution is 0.346. The second-order valence-corrected chi connectivity index (χ2v) is 8.82. The molecule has 3 aromatic carbocycles. The van der Waals surface area contributed by atoms with Crippen LogP contribution in [0.4, 0.5) is 5.69 Å². The summed E-state index contributed by atoms with van der Waals surface area (Å²) in [6.07, 6.45) is 0. The zero-order valence-corrected chi connectivity index (χ0v) is 18.3. The molecule has 1 unspecified atom stereocenters. The van der Waals surface area contributed by atoms with E-state index in [1.165, 1.54) is 5.56 Å². The van der Waals surface area contributed by atoms with E-state index in [9.17, 15) is 8.42 Å². The molecule has 0 saturated carbocycles. The Morgan fingerprint density at radius 3 is 2.10 bits per heavy atom. The van der Waals surface area contributed by atoms with Crippen LogP contribution in [0.5, 0.6) is 0 Å². The first-order chi connectivity index (χ1) is 14.5. The first-order valence-corrected chi connectivity index (χ1v) is 11.3. The quantitative estimate of drug-likeness (QED) is 0.559. The smallest absolute Gasteiger partial charge is 0.230 e. The molecule has 6 heteroatoms. The molecular weight excluding hydrogens is 416 g/mol. The summed E-state index contributed by atoms with van der Waals surface area (Å²) in [5, 5.41) is 0.659. The zero-order valence-electron chi connectivity index (χ0n) is 16.7. The number of hydrogen-bond acceptors (Lipinski definition) is 3. The van der Waals surface area contributed by atoms with E-state index < -0.39 is 10.3 Å². The Morgan fingerprint density at radius 1 is 0.833 bits per heavy atom. The maximum absolute atomic E-state index is 12.3. The highest BCUT2D eigenvalue weighted by molar-refractivity contribution is 7.72. The molecule has 0 spiro atoms. The number of aryl methyl sites for hydroxylation is 1. The van der Waals surface area contributed by atoms with Crippen LogP contribution in [-0.4, -0.2) is 37.9 Å². The molecule has 0 amide bonds. The number of anilines is 1. The number of benzene rings is 3. The van der Waals surface area contributed by atoms with Crippen molar-refractivity contribution in [3.05, 3.63) is 101 Å². The van der Waals surface area contributed by atoms with Crippen molar-refractivity contribution in [3.63, 3.8) is 0 Å². The highest BCUT2D eigenvalue weighted by atomic mass is 35.5. The van der Waals surface area contributed by atoms with E-state index in [-0.39, 0.29) is 6.04 Å². The molecule has 0 N–H and O–H groups in total. The van der Waals surface area contributed by atoms with Crippen LogP contribution < -0.4 is 4.90 Å². The molecule has 0 radical (unpaired) electrons. The topological polar surface area (TPSA) is 40.6 Å². The van der Waals surface area contributed by atoms with Crippen LogP contribution in [0.2, 0.25) is 5.02 Å². The van der Waals surface area contributed by atoms with Gasteiger partial charge in [-0.25, -0.2) is 0 Å². The van der Waals surface area contributed by atoms with Gasteiger partial charge in [0.2, 0.25) is 10.3 Å². The van der Waals surface area contributed by atoms with Crippen molar-refractivity contribution >= 4 is 32.6 Å². The van der Waals surface area contributed by atoms with Crippen LogP contribution in [-0.2, 0) is 10.3 Å². The molecule has 0 bridgehead atoms. The molecule has 1 atom stereocenters. The van der Waals surface area contributed by atoms with Crippen LogP contribution in [0.3, 0.4) is 0 Å². The van der Waals surface area contributed by atoms with Gasteiger partial charge in [-0.15, -0.1) is 0 Å². The van der Waals surface area contributed by atoms with Gasteiger partial charge in [0, 0.05) is 23.8 Å². The molecule has 1 fully saturated rings. The van der Waals surface area contributed by atoms with Crippen molar-refractivity contribution in [2.24, 2.45) is 0 Å². The third kappa shape index (κ3) is 4.43. The molecule has 1 aliphatic heterocycles. The SMILES string of the molecule is Cc1ccc(N2CCN(C(c3ccccc3)c3ccc(Cl)cc3)C(=S(=O)=O)C2)cc1. The number of halogens is 1. The van der Waals surface area contributed by atoms with Gasteiger partial charge in [-0.2, -0.15) is 8.42 Å². The van der Waals surface area contributed by atoms with Crippen molar-refractivity contribution in [1.29, 1.82) is 0 Å². The van der Waals surface area contributed by atoms with Gasteiger partial charge in [0.1, 0.15) is 4.99 Å². The molecule has 1 heterocycles. The van der Waals surface area contributed by atoms with Crippen LogP contribution in [0, 0.1) is 6.92 Å². The maximum atomic E-state index is 12.3. The monoisotopic (exact) mass is 438 g/mol. The second kappa shape index (κ2) is 9.04. The molecule has 4 nitrogen and oxygen atoms in total. The van der Waals surface area contributed by atoms with E-state index in [1.54, 1.807) is 0 Å². The lowest BCUT2D eigenvalue weighted by Crippen LogP contribution is -2.52. The molecule has 4 rings (SSSR count). The summed E-state index contributed by atoms with van der Waals surface area (Å²) in [7, 11) is -2.33. The van der Waals surface area contributed by atoms with Gasteiger partial charge >= 0.3 is 0 Å². The van der Waals surface area contributed by atoms with Crippen LogP contribution in [0.15, 0.2) is 78.9 Å². The van der Waals surface area contributed by atoms with Gasteiger partial charge in [0.25, 0.3) is 0 Å². The summed E-state index contributed by atoms with van der Waals surface area (Å²) in [4.78, 5) is 4.52. The third-order valence-electron chi connectivity index (χ3n) is 5.46. The van der Waals surface area contributed by atoms with E-state index in [0.29, 0.717) is 23.1 Å². The normalized spacial score (nSPS) is 15.8. The summed E-state index contributed by atoms with van der Waals surface area (Å²) < 4.78 is 24.6. The Bertz CT molecular complexity index is 1140. The van der Waals surface area contributed by atoms with E-state index in [0.717, 1.165) is 23.4 Å². The van der Waals surface area contributed by atoms with Gasteiger partial charge in [-0.1, -0.05) is 71.8 Å². The van der Waals surface area contributed by atoms with E-state index in [4.69, 9.17) is 11.6 Å². The van der Waals surface area contributed by atoms with Crippen molar-refractivity contribution in [1.82, 2.24) is 4.90 Å². The largest absolute Gasteiger partial charge is 0.364 e. The van der Waals surface area contributed by atoms with Gasteiger partial charge in [-0.05, 0) is 42.3 Å². The van der Waals surface area contributed by atoms with Crippen molar-refractivity contribution in [3.8, 4) is 0 Å². The van der Waals surface area contributed by atoms with E-state index in [1.807, 2.05) is 78.6 Å². The average molecular weight is 439 g/mol. The van der Waals surface area contributed by atoms with Gasteiger partial charge in [0.15, 0.2) is 0 Å². The fourth-order valence-electron chi connectivity index (χ4n) is 3.92. The lowest BCUT2D eigenvalue weighted by atomic mass is 9.96. The van der Waals surface area contributed by atoms with Gasteiger partial charge in [-0.3, -0.25) is 4.90 Å². The number of piperazine rings is 1. The Hall–Kier alpha value is -2.60. The Balaban J connectivity index is 1.73. The Labute approximate surface area is 183 Å². The van der Waals surface area contributed by atoms with Crippen molar-refractivity contribution in [2.45, 2.75) is 13.0 Å². The van der Waals surface area contributed by atoms with Crippen LogP contribution in [0.1, 0.15) is 22.7 Å². The zero-order chi connectivity index (χ0) is 21.1. The predicted molar refractivity (Wildman–Crippen MR) is 124 cm³/mol. The molecule has 3 aromatic rings. The molecule has 0 aliphatic carbocycles. The minimum Gasteiger partial charge on any atom is -0.364 e.